The first-order valence-corrected chi connectivity index (χ1v) is 9.75. The van der Waals surface area contributed by atoms with Crippen molar-refractivity contribution in [1.82, 2.24) is 19.4 Å². The highest BCUT2D eigenvalue weighted by Crippen LogP contribution is 2.27. The highest BCUT2D eigenvalue weighted by Gasteiger charge is 2.28. The van der Waals surface area contributed by atoms with E-state index in [0.717, 1.165) is 57.2 Å². The SMILES string of the molecule is CC1CCCn2c(C(=O)N3CCN(Cc4ccsc4)CC3)cnc21. The van der Waals surface area contributed by atoms with Gasteiger partial charge in [-0.25, -0.2) is 4.98 Å². The number of rotatable bonds is 3. The van der Waals surface area contributed by atoms with Crippen LogP contribution in [0.15, 0.2) is 23.0 Å². The van der Waals surface area contributed by atoms with E-state index in [4.69, 9.17) is 0 Å². The van der Waals surface area contributed by atoms with Gasteiger partial charge in [-0.2, -0.15) is 11.3 Å². The molecule has 2 aromatic heterocycles. The van der Waals surface area contributed by atoms with Crippen molar-refractivity contribution in [2.45, 2.75) is 38.8 Å². The van der Waals surface area contributed by atoms with Crippen LogP contribution in [0.5, 0.6) is 0 Å². The van der Waals surface area contributed by atoms with Gasteiger partial charge in [-0.15, -0.1) is 0 Å². The van der Waals surface area contributed by atoms with Crippen molar-refractivity contribution in [3.8, 4) is 0 Å². The number of carbonyl (C=O) groups excluding carboxylic acids is 1. The molecule has 0 saturated carbocycles. The molecule has 1 amide bonds. The molecule has 0 spiro atoms. The zero-order valence-corrected chi connectivity index (χ0v) is 15.0. The van der Waals surface area contributed by atoms with Crippen LogP contribution in [0.1, 0.15) is 47.6 Å². The molecule has 1 fully saturated rings. The molecule has 5 nitrogen and oxygen atoms in total. The molecule has 0 radical (unpaired) electrons. The molecule has 1 saturated heterocycles. The number of hydrogen-bond acceptors (Lipinski definition) is 4. The second kappa shape index (κ2) is 6.69. The Kier molecular flexibility index (Phi) is 4.41. The first kappa shape index (κ1) is 15.8. The molecule has 0 N–H and O–H groups in total. The van der Waals surface area contributed by atoms with Gasteiger partial charge in [0.05, 0.1) is 6.20 Å². The van der Waals surface area contributed by atoms with Gasteiger partial charge >= 0.3 is 0 Å². The van der Waals surface area contributed by atoms with Crippen molar-refractivity contribution >= 4 is 17.2 Å². The van der Waals surface area contributed by atoms with E-state index in [9.17, 15) is 4.79 Å². The number of imidazole rings is 1. The van der Waals surface area contributed by atoms with Crippen molar-refractivity contribution in [2.24, 2.45) is 0 Å². The number of nitrogens with zero attached hydrogens (tertiary/aromatic N) is 4. The fourth-order valence-electron chi connectivity index (χ4n) is 3.79. The van der Waals surface area contributed by atoms with Crippen LogP contribution in [0.4, 0.5) is 0 Å². The number of amides is 1. The van der Waals surface area contributed by atoms with Gasteiger partial charge in [-0.05, 0) is 35.2 Å². The van der Waals surface area contributed by atoms with E-state index in [2.05, 4.69) is 38.2 Å². The summed E-state index contributed by atoms with van der Waals surface area (Å²) in [5.74, 6) is 1.70. The maximum atomic E-state index is 12.9. The quantitative estimate of drug-likeness (QED) is 0.860. The smallest absolute Gasteiger partial charge is 0.272 e. The molecule has 2 aliphatic heterocycles. The van der Waals surface area contributed by atoms with Crippen molar-refractivity contribution in [1.29, 1.82) is 0 Å². The highest BCUT2D eigenvalue weighted by atomic mass is 32.1. The monoisotopic (exact) mass is 344 g/mol. The number of fused-ring (bicyclic) bond motifs is 1. The molecule has 2 aromatic rings. The van der Waals surface area contributed by atoms with E-state index < -0.39 is 0 Å². The number of carbonyl (C=O) groups is 1. The van der Waals surface area contributed by atoms with Crippen molar-refractivity contribution < 1.29 is 4.79 Å². The van der Waals surface area contributed by atoms with E-state index in [1.54, 1.807) is 17.5 Å². The Morgan fingerprint density at radius 1 is 1.29 bits per heavy atom. The van der Waals surface area contributed by atoms with Crippen LogP contribution in [-0.4, -0.2) is 51.4 Å². The first-order valence-electron chi connectivity index (χ1n) is 8.80. The lowest BCUT2D eigenvalue weighted by atomic mass is 10.0. The Bertz CT molecular complexity index is 701. The van der Waals surface area contributed by atoms with Crippen molar-refractivity contribution in [3.05, 3.63) is 40.1 Å². The molecule has 0 aliphatic carbocycles. The van der Waals surface area contributed by atoms with Gasteiger partial charge in [-0.1, -0.05) is 6.92 Å². The molecular weight excluding hydrogens is 320 g/mol. The summed E-state index contributed by atoms with van der Waals surface area (Å²) in [6.45, 7) is 7.62. The van der Waals surface area contributed by atoms with Gasteiger partial charge in [0.2, 0.25) is 0 Å². The van der Waals surface area contributed by atoms with E-state index in [1.807, 2.05) is 4.90 Å². The fraction of sp³-hybridized carbons (Fsp3) is 0.556. The molecule has 24 heavy (non-hydrogen) atoms. The van der Waals surface area contributed by atoms with Crippen LogP contribution in [0, 0.1) is 0 Å². The maximum Gasteiger partial charge on any atom is 0.272 e. The van der Waals surface area contributed by atoms with Crippen LogP contribution >= 0.6 is 11.3 Å². The molecule has 2 aliphatic rings. The van der Waals surface area contributed by atoms with Gasteiger partial charge in [-0.3, -0.25) is 9.69 Å². The average molecular weight is 344 g/mol. The second-order valence-electron chi connectivity index (χ2n) is 6.90. The summed E-state index contributed by atoms with van der Waals surface area (Å²) in [5, 5.41) is 4.33. The van der Waals surface area contributed by atoms with Gasteiger partial charge in [0.1, 0.15) is 11.5 Å². The first-order chi connectivity index (χ1) is 11.7. The fourth-order valence-corrected chi connectivity index (χ4v) is 4.45. The molecule has 1 atom stereocenters. The summed E-state index contributed by atoms with van der Waals surface area (Å²) in [7, 11) is 0. The van der Waals surface area contributed by atoms with Crippen LogP contribution in [0.25, 0.3) is 0 Å². The summed E-state index contributed by atoms with van der Waals surface area (Å²) in [5.41, 5.74) is 2.15. The van der Waals surface area contributed by atoms with Gasteiger partial charge < -0.3 is 9.47 Å². The molecule has 4 heterocycles. The highest BCUT2D eigenvalue weighted by molar-refractivity contribution is 7.07. The number of piperazine rings is 1. The van der Waals surface area contributed by atoms with Crippen LogP contribution < -0.4 is 0 Å². The predicted octanol–water partition coefficient (Wildman–Crippen LogP) is 2.80. The average Bonchev–Trinajstić information content (AvgIpc) is 3.25. The Morgan fingerprint density at radius 2 is 2.12 bits per heavy atom. The molecule has 4 rings (SSSR count). The van der Waals surface area contributed by atoms with Crippen LogP contribution in [-0.2, 0) is 13.1 Å². The lowest BCUT2D eigenvalue weighted by Crippen LogP contribution is -2.48. The molecule has 1 unspecified atom stereocenters. The van der Waals surface area contributed by atoms with E-state index in [1.165, 1.54) is 12.0 Å². The van der Waals surface area contributed by atoms with Crippen LogP contribution in [0.2, 0.25) is 0 Å². The standard InChI is InChI=1S/C18H24N4OS/c1-14-3-2-5-22-16(11-19-17(14)22)18(23)21-8-6-20(7-9-21)12-15-4-10-24-13-15/h4,10-11,13-14H,2-3,5-9,12H2,1H3. The Balaban J connectivity index is 1.40. The summed E-state index contributed by atoms with van der Waals surface area (Å²) in [4.78, 5) is 21.9. The second-order valence-corrected chi connectivity index (χ2v) is 7.68. The van der Waals surface area contributed by atoms with Crippen molar-refractivity contribution in [3.63, 3.8) is 0 Å². The Hall–Kier alpha value is -1.66. The maximum absolute atomic E-state index is 12.9. The molecular formula is C18H24N4OS. The van der Waals surface area contributed by atoms with Crippen LogP contribution in [0.3, 0.4) is 0 Å². The normalized spacial score (nSPS) is 21.7. The van der Waals surface area contributed by atoms with Gasteiger partial charge in [0.25, 0.3) is 5.91 Å². The molecule has 6 heteroatoms. The molecule has 128 valence electrons. The number of aromatic nitrogens is 2. The van der Waals surface area contributed by atoms with Gasteiger partial charge in [0.15, 0.2) is 0 Å². The minimum absolute atomic E-state index is 0.151. The topological polar surface area (TPSA) is 41.4 Å². The largest absolute Gasteiger partial charge is 0.335 e. The zero-order valence-electron chi connectivity index (χ0n) is 14.1. The lowest BCUT2D eigenvalue weighted by molar-refractivity contribution is 0.0616. The predicted molar refractivity (Wildman–Crippen MR) is 95.4 cm³/mol. The molecule has 0 bridgehead atoms. The zero-order chi connectivity index (χ0) is 16.5. The number of hydrogen-bond donors (Lipinski definition) is 0. The number of thiophene rings is 1. The minimum atomic E-state index is 0.151. The molecule has 0 aromatic carbocycles. The van der Waals surface area contributed by atoms with E-state index in [0.29, 0.717) is 5.92 Å². The van der Waals surface area contributed by atoms with Gasteiger partial charge in [0, 0.05) is 45.2 Å². The third-order valence-electron chi connectivity index (χ3n) is 5.21. The summed E-state index contributed by atoms with van der Waals surface area (Å²) in [6, 6.07) is 2.18. The van der Waals surface area contributed by atoms with E-state index in [-0.39, 0.29) is 5.91 Å². The summed E-state index contributed by atoms with van der Waals surface area (Å²) < 4.78 is 2.15. The summed E-state index contributed by atoms with van der Waals surface area (Å²) in [6.07, 6.45) is 4.10. The third-order valence-corrected chi connectivity index (χ3v) is 5.94. The Morgan fingerprint density at radius 3 is 2.88 bits per heavy atom. The Labute approximate surface area is 146 Å². The van der Waals surface area contributed by atoms with E-state index >= 15 is 0 Å². The lowest BCUT2D eigenvalue weighted by Gasteiger charge is -2.35. The minimum Gasteiger partial charge on any atom is -0.335 e. The summed E-state index contributed by atoms with van der Waals surface area (Å²) >= 11 is 1.74. The third kappa shape index (κ3) is 3.00. The van der Waals surface area contributed by atoms with Crippen molar-refractivity contribution in [2.75, 3.05) is 26.2 Å².